The molecule has 0 aliphatic carbocycles. The maximum absolute atomic E-state index is 11.5. The highest BCUT2D eigenvalue weighted by Crippen LogP contribution is 2.25. The Balaban J connectivity index is 2.09. The molecule has 1 aliphatic heterocycles. The molecule has 0 bridgehead atoms. The van der Waals surface area contributed by atoms with Crippen molar-refractivity contribution in [1.29, 1.82) is 0 Å². The summed E-state index contributed by atoms with van der Waals surface area (Å²) in [5.41, 5.74) is 5.52. The molecule has 2 heteroatoms. The number of fused-ring (bicyclic) bond motifs is 1. The van der Waals surface area contributed by atoms with E-state index in [-0.39, 0.29) is 5.91 Å². The lowest BCUT2D eigenvalue weighted by Gasteiger charge is -2.04. The lowest BCUT2D eigenvalue weighted by atomic mass is 9.99. The summed E-state index contributed by atoms with van der Waals surface area (Å²) in [5, 5.41) is 2.84. The molecule has 17 heavy (non-hydrogen) atoms. The minimum Gasteiger partial charge on any atom is -0.348 e. The Bertz CT molecular complexity index is 602. The van der Waals surface area contributed by atoms with E-state index in [9.17, 15) is 4.79 Å². The summed E-state index contributed by atoms with van der Waals surface area (Å²) in [6.45, 7) is 2.73. The van der Waals surface area contributed by atoms with Gasteiger partial charge < -0.3 is 5.32 Å². The molecule has 0 saturated carbocycles. The van der Waals surface area contributed by atoms with Crippen LogP contribution in [0.3, 0.4) is 0 Å². The fraction of sp³-hybridized carbons (Fsp3) is 0.133. The van der Waals surface area contributed by atoms with Crippen LogP contribution in [-0.4, -0.2) is 5.91 Å². The monoisotopic (exact) mass is 223 g/mol. The van der Waals surface area contributed by atoms with Gasteiger partial charge in [0.2, 0.25) is 0 Å². The van der Waals surface area contributed by atoms with Gasteiger partial charge in [-0.05, 0) is 35.7 Å². The standard InChI is InChI=1S/C15H13NO/c1-10-3-2-4-11(7-10)12-5-6-14-13(8-12)9-16-15(14)17/h2-8H,9H2,1H3,(H,16,17). The van der Waals surface area contributed by atoms with Crippen LogP contribution in [0.2, 0.25) is 0 Å². The van der Waals surface area contributed by atoms with Crippen LogP contribution >= 0.6 is 0 Å². The van der Waals surface area contributed by atoms with Crippen LogP contribution in [0, 0.1) is 6.92 Å². The van der Waals surface area contributed by atoms with Gasteiger partial charge in [0.25, 0.3) is 5.91 Å². The van der Waals surface area contributed by atoms with Crippen molar-refractivity contribution in [2.45, 2.75) is 13.5 Å². The number of aryl methyl sites for hydroxylation is 1. The number of amides is 1. The second kappa shape index (κ2) is 3.74. The SMILES string of the molecule is Cc1cccc(-c2ccc3c(c2)CNC3=O)c1. The molecule has 1 aliphatic rings. The van der Waals surface area contributed by atoms with Gasteiger partial charge in [-0.1, -0.05) is 35.9 Å². The molecule has 0 spiro atoms. The Morgan fingerprint density at radius 2 is 1.88 bits per heavy atom. The van der Waals surface area contributed by atoms with Crippen LogP contribution in [-0.2, 0) is 6.54 Å². The van der Waals surface area contributed by atoms with Crippen LogP contribution < -0.4 is 5.32 Å². The lowest BCUT2D eigenvalue weighted by Crippen LogP contribution is -2.12. The molecule has 0 aromatic heterocycles. The zero-order valence-corrected chi connectivity index (χ0v) is 9.66. The van der Waals surface area contributed by atoms with E-state index in [1.807, 2.05) is 12.1 Å². The Kier molecular flexibility index (Phi) is 2.22. The normalized spacial score (nSPS) is 13.4. The zero-order chi connectivity index (χ0) is 11.8. The van der Waals surface area contributed by atoms with E-state index in [1.54, 1.807) is 0 Å². The third kappa shape index (κ3) is 1.72. The molecule has 2 aromatic rings. The largest absolute Gasteiger partial charge is 0.348 e. The van der Waals surface area contributed by atoms with Crippen molar-refractivity contribution in [3.05, 3.63) is 59.2 Å². The fourth-order valence-electron chi connectivity index (χ4n) is 2.24. The molecule has 2 aromatic carbocycles. The summed E-state index contributed by atoms with van der Waals surface area (Å²) in [7, 11) is 0. The molecular formula is C15H13NO. The zero-order valence-electron chi connectivity index (χ0n) is 9.66. The van der Waals surface area contributed by atoms with E-state index in [0.717, 1.165) is 11.1 Å². The predicted molar refractivity (Wildman–Crippen MR) is 67.8 cm³/mol. The minimum atomic E-state index is 0.0378. The van der Waals surface area contributed by atoms with Crippen molar-refractivity contribution in [2.75, 3.05) is 0 Å². The summed E-state index contributed by atoms with van der Waals surface area (Å²) in [6.07, 6.45) is 0. The highest BCUT2D eigenvalue weighted by molar-refractivity contribution is 5.98. The molecule has 0 fully saturated rings. The molecule has 1 N–H and O–H groups in total. The predicted octanol–water partition coefficient (Wildman–Crippen LogP) is 2.91. The second-order valence-corrected chi connectivity index (χ2v) is 4.42. The third-order valence-electron chi connectivity index (χ3n) is 3.14. The van der Waals surface area contributed by atoms with E-state index >= 15 is 0 Å². The van der Waals surface area contributed by atoms with Crippen molar-refractivity contribution < 1.29 is 4.79 Å². The molecule has 0 unspecified atom stereocenters. The average Bonchev–Trinajstić information content (AvgIpc) is 2.71. The first-order valence-corrected chi connectivity index (χ1v) is 5.72. The molecule has 3 rings (SSSR count). The summed E-state index contributed by atoms with van der Waals surface area (Å²) >= 11 is 0. The summed E-state index contributed by atoms with van der Waals surface area (Å²) < 4.78 is 0. The highest BCUT2D eigenvalue weighted by Gasteiger charge is 2.18. The molecule has 84 valence electrons. The van der Waals surface area contributed by atoms with E-state index < -0.39 is 0 Å². The van der Waals surface area contributed by atoms with Crippen molar-refractivity contribution in [3.63, 3.8) is 0 Å². The van der Waals surface area contributed by atoms with Crippen molar-refractivity contribution in [3.8, 4) is 11.1 Å². The van der Waals surface area contributed by atoms with E-state index in [1.165, 1.54) is 16.7 Å². The minimum absolute atomic E-state index is 0.0378. The van der Waals surface area contributed by atoms with Crippen LogP contribution in [0.5, 0.6) is 0 Å². The number of carbonyl (C=O) groups excluding carboxylic acids is 1. The Morgan fingerprint density at radius 1 is 1.06 bits per heavy atom. The van der Waals surface area contributed by atoms with Gasteiger partial charge in [-0.15, -0.1) is 0 Å². The van der Waals surface area contributed by atoms with Gasteiger partial charge in [0.1, 0.15) is 0 Å². The molecule has 1 heterocycles. The van der Waals surface area contributed by atoms with Crippen LogP contribution in [0.25, 0.3) is 11.1 Å². The lowest BCUT2D eigenvalue weighted by molar-refractivity contribution is 0.0966. The smallest absolute Gasteiger partial charge is 0.251 e. The highest BCUT2D eigenvalue weighted by atomic mass is 16.1. The third-order valence-corrected chi connectivity index (χ3v) is 3.14. The quantitative estimate of drug-likeness (QED) is 0.791. The van der Waals surface area contributed by atoms with Gasteiger partial charge in [-0.3, -0.25) is 4.79 Å². The second-order valence-electron chi connectivity index (χ2n) is 4.42. The van der Waals surface area contributed by atoms with Gasteiger partial charge >= 0.3 is 0 Å². The number of rotatable bonds is 1. The number of carbonyl (C=O) groups is 1. The van der Waals surface area contributed by atoms with Crippen LogP contribution in [0.1, 0.15) is 21.5 Å². The number of hydrogen-bond acceptors (Lipinski definition) is 1. The van der Waals surface area contributed by atoms with Crippen molar-refractivity contribution in [1.82, 2.24) is 5.32 Å². The summed E-state index contributed by atoms with van der Waals surface area (Å²) in [4.78, 5) is 11.5. The first-order chi connectivity index (χ1) is 8.24. The van der Waals surface area contributed by atoms with E-state index in [2.05, 4.69) is 42.6 Å². The van der Waals surface area contributed by atoms with Gasteiger partial charge in [0.15, 0.2) is 0 Å². The average molecular weight is 223 g/mol. The van der Waals surface area contributed by atoms with Gasteiger partial charge in [0.05, 0.1) is 0 Å². The first-order valence-electron chi connectivity index (χ1n) is 5.72. The number of nitrogens with one attached hydrogen (secondary N) is 1. The number of hydrogen-bond donors (Lipinski definition) is 1. The summed E-state index contributed by atoms with van der Waals surface area (Å²) in [5.74, 6) is 0.0378. The Morgan fingerprint density at radius 3 is 2.71 bits per heavy atom. The van der Waals surface area contributed by atoms with E-state index in [4.69, 9.17) is 0 Å². The van der Waals surface area contributed by atoms with Gasteiger partial charge in [0, 0.05) is 12.1 Å². The van der Waals surface area contributed by atoms with Crippen molar-refractivity contribution >= 4 is 5.91 Å². The maximum atomic E-state index is 11.5. The molecule has 2 nitrogen and oxygen atoms in total. The molecule has 0 saturated heterocycles. The number of benzene rings is 2. The van der Waals surface area contributed by atoms with Gasteiger partial charge in [-0.2, -0.15) is 0 Å². The molecule has 0 radical (unpaired) electrons. The van der Waals surface area contributed by atoms with Gasteiger partial charge in [-0.25, -0.2) is 0 Å². The van der Waals surface area contributed by atoms with Crippen LogP contribution in [0.4, 0.5) is 0 Å². The first kappa shape index (κ1) is 10.1. The van der Waals surface area contributed by atoms with E-state index in [0.29, 0.717) is 6.54 Å². The summed E-state index contributed by atoms with van der Waals surface area (Å²) in [6, 6.07) is 14.4. The Labute approximate surface area is 100 Å². The molecule has 1 amide bonds. The Hall–Kier alpha value is -2.09. The molecule has 0 atom stereocenters. The molecular weight excluding hydrogens is 210 g/mol. The van der Waals surface area contributed by atoms with Crippen molar-refractivity contribution in [2.24, 2.45) is 0 Å². The topological polar surface area (TPSA) is 29.1 Å². The maximum Gasteiger partial charge on any atom is 0.251 e. The van der Waals surface area contributed by atoms with Crippen LogP contribution in [0.15, 0.2) is 42.5 Å². The fourth-order valence-corrected chi connectivity index (χ4v) is 2.24.